The number of nitrogens with two attached hydrogens (primary N) is 1. The van der Waals surface area contributed by atoms with E-state index in [9.17, 15) is 38.4 Å². The molecule has 1 aromatic rings. The van der Waals surface area contributed by atoms with Crippen LogP contribution >= 0.6 is 0 Å². The second-order valence-corrected chi connectivity index (χ2v) is 15.0. The van der Waals surface area contributed by atoms with Crippen LogP contribution in [0.2, 0.25) is 0 Å². The third-order valence-electron chi connectivity index (χ3n) is 8.61. The van der Waals surface area contributed by atoms with Crippen molar-refractivity contribution < 1.29 is 43.1 Å². The van der Waals surface area contributed by atoms with Gasteiger partial charge in [0.25, 0.3) is 0 Å². The molecule has 0 aliphatic carbocycles. The van der Waals surface area contributed by atoms with Crippen molar-refractivity contribution in [1.82, 2.24) is 25.8 Å². The van der Waals surface area contributed by atoms with E-state index < -0.39 is 71.6 Å². The van der Waals surface area contributed by atoms with E-state index in [-0.39, 0.29) is 56.1 Å². The number of hydrogen-bond acceptors (Lipinski definition) is 9. The minimum atomic E-state index is -1.04. The van der Waals surface area contributed by atoms with Crippen LogP contribution in [0.5, 0.6) is 0 Å². The number of hydrogen-bond donors (Lipinski definition) is 5. The molecule has 1 aromatic carbocycles. The molecule has 4 atom stereocenters. The van der Waals surface area contributed by atoms with Crippen LogP contribution in [0.1, 0.15) is 80.2 Å². The molecule has 0 radical (unpaired) electrons. The second-order valence-electron chi connectivity index (χ2n) is 15.0. The Bertz CT molecular complexity index is 1490. The van der Waals surface area contributed by atoms with E-state index >= 15 is 0 Å². The van der Waals surface area contributed by atoms with Gasteiger partial charge in [0.05, 0.1) is 12.5 Å². The molecule has 288 valence electrons. The van der Waals surface area contributed by atoms with Crippen molar-refractivity contribution in [3.05, 3.63) is 29.8 Å². The third kappa shape index (κ3) is 12.9. The fourth-order valence-corrected chi connectivity index (χ4v) is 5.69. The lowest BCUT2D eigenvalue weighted by atomic mass is 9.80. The van der Waals surface area contributed by atoms with Crippen LogP contribution in [0.4, 0.5) is 10.5 Å². The lowest BCUT2D eigenvalue weighted by Gasteiger charge is -2.27. The number of carbonyl (C=O) groups excluding carboxylic acids is 8. The van der Waals surface area contributed by atoms with E-state index in [1.54, 1.807) is 38.1 Å². The van der Waals surface area contributed by atoms with Gasteiger partial charge in [-0.1, -0.05) is 60.6 Å². The number of likely N-dealkylation sites (N-methyl/N-ethyl adjacent to an activating group) is 1. The van der Waals surface area contributed by atoms with E-state index in [0.717, 1.165) is 9.80 Å². The molecule has 1 aliphatic rings. The Kier molecular flexibility index (Phi) is 15.8. The predicted octanol–water partition coefficient (Wildman–Crippen LogP) is 1.67. The van der Waals surface area contributed by atoms with Crippen molar-refractivity contribution in [3.8, 4) is 0 Å². The maximum atomic E-state index is 13.1. The molecule has 1 unspecified atom stereocenters. The molecule has 6 N–H and O–H groups in total. The number of anilines is 1. The van der Waals surface area contributed by atoms with Gasteiger partial charge in [-0.15, -0.1) is 0 Å². The average Bonchev–Trinajstić information content (AvgIpc) is 3.33. The van der Waals surface area contributed by atoms with Crippen molar-refractivity contribution in [1.29, 1.82) is 0 Å². The zero-order chi connectivity index (χ0) is 39.5. The maximum Gasteiger partial charge on any atom is 0.410 e. The SMILES string of the molecule is CC(C)C[C@@H](NC(=O)CCN1C(=O)CC(C(C)(C)C)C1=O)C(=O)N[C@@H](C)C(=O)NCC(=O)Nc1ccc(COC(=O)N(C)[C@H](C(N)=O)C(C)C)cc1. The van der Waals surface area contributed by atoms with Gasteiger partial charge >= 0.3 is 6.09 Å². The van der Waals surface area contributed by atoms with Gasteiger partial charge in [-0.3, -0.25) is 43.4 Å². The molecule has 1 saturated heterocycles. The molecule has 8 amide bonds. The molecule has 0 aromatic heterocycles. The molecule has 1 fully saturated rings. The lowest BCUT2D eigenvalue weighted by Crippen LogP contribution is -2.53. The number of carbonyl (C=O) groups is 8. The minimum Gasteiger partial charge on any atom is -0.445 e. The van der Waals surface area contributed by atoms with E-state index in [2.05, 4.69) is 21.3 Å². The summed E-state index contributed by atoms with van der Waals surface area (Å²) in [4.78, 5) is 103. The summed E-state index contributed by atoms with van der Waals surface area (Å²) in [5.74, 6) is -4.20. The summed E-state index contributed by atoms with van der Waals surface area (Å²) in [5, 5.41) is 10.3. The fraction of sp³-hybridized carbons (Fsp3) is 0.611. The number of benzene rings is 1. The Labute approximate surface area is 305 Å². The second kappa shape index (κ2) is 19.0. The largest absolute Gasteiger partial charge is 0.445 e. The van der Waals surface area contributed by atoms with E-state index in [0.29, 0.717) is 11.3 Å². The molecule has 1 heterocycles. The Morgan fingerprint density at radius 1 is 0.942 bits per heavy atom. The van der Waals surface area contributed by atoms with Crippen molar-refractivity contribution >= 4 is 53.1 Å². The third-order valence-corrected chi connectivity index (χ3v) is 8.61. The van der Waals surface area contributed by atoms with Crippen LogP contribution in [-0.2, 0) is 44.9 Å². The van der Waals surface area contributed by atoms with Crippen molar-refractivity contribution in [2.45, 2.75) is 99.4 Å². The molecule has 0 saturated carbocycles. The standard InChI is InChI=1S/C36H55N7O9/c1-20(2)16-26(41-27(44)14-15-43-29(46)17-25(34(43)50)36(6,7)8)33(49)39-22(5)32(48)38-18-28(45)40-24-12-10-23(11-13-24)19-52-35(51)42(9)30(21(3)4)31(37)47/h10-13,20-22,25-26,30H,14-19H2,1-9H3,(H2,37,47)(H,38,48)(H,39,49)(H,40,45)(H,41,44)/t22-,25?,26+,30-/m0/s1. The first-order valence-corrected chi connectivity index (χ1v) is 17.4. The number of likely N-dealkylation sites (tertiary alicyclic amines) is 1. The predicted molar refractivity (Wildman–Crippen MR) is 192 cm³/mol. The molecular weight excluding hydrogens is 674 g/mol. The van der Waals surface area contributed by atoms with Gasteiger partial charge < -0.3 is 31.7 Å². The van der Waals surface area contributed by atoms with Gasteiger partial charge in [0, 0.05) is 32.1 Å². The van der Waals surface area contributed by atoms with E-state index in [1.807, 2.05) is 34.6 Å². The molecule has 1 aliphatic heterocycles. The topological polar surface area (TPSA) is 226 Å². The number of nitrogens with one attached hydrogen (secondary N) is 4. The first-order valence-electron chi connectivity index (χ1n) is 17.4. The van der Waals surface area contributed by atoms with Crippen LogP contribution in [0, 0.1) is 23.2 Å². The van der Waals surface area contributed by atoms with E-state index in [4.69, 9.17) is 10.5 Å². The molecular formula is C36H55N7O9. The Morgan fingerprint density at radius 2 is 1.56 bits per heavy atom. The zero-order valence-corrected chi connectivity index (χ0v) is 31.7. The summed E-state index contributed by atoms with van der Waals surface area (Å²) >= 11 is 0. The summed E-state index contributed by atoms with van der Waals surface area (Å²) in [5.41, 5.74) is 6.05. The number of amides is 8. The molecule has 16 nitrogen and oxygen atoms in total. The number of nitrogens with zero attached hydrogens (tertiary/aromatic N) is 2. The number of imide groups is 1. The Hall–Kier alpha value is -5.02. The van der Waals surface area contributed by atoms with Gasteiger partial charge in [0.1, 0.15) is 24.7 Å². The first-order chi connectivity index (χ1) is 24.1. The average molecular weight is 730 g/mol. The van der Waals surface area contributed by atoms with Gasteiger partial charge in [0.2, 0.25) is 41.4 Å². The van der Waals surface area contributed by atoms with Crippen LogP contribution in [0.3, 0.4) is 0 Å². The Morgan fingerprint density at radius 3 is 2.08 bits per heavy atom. The van der Waals surface area contributed by atoms with Crippen LogP contribution in [0.15, 0.2) is 24.3 Å². The van der Waals surface area contributed by atoms with E-state index in [1.165, 1.54) is 14.0 Å². The van der Waals surface area contributed by atoms with Crippen molar-refractivity contribution in [2.75, 3.05) is 25.5 Å². The van der Waals surface area contributed by atoms with Gasteiger partial charge in [-0.05, 0) is 48.3 Å². The van der Waals surface area contributed by atoms with Gasteiger partial charge in [-0.25, -0.2) is 4.79 Å². The van der Waals surface area contributed by atoms with Crippen molar-refractivity contribution in [3.63, 3.8) is 0 Å². The minimum absolute atomic E-state index is 0.00898. The summed E-state index contributed by atoms with van der Waals surface area (Å²) in [6.07, 6.45) is -0.520. The number of ether oxygens (including phenoxy) is 1. The monoisotopic (exact) mass is 729 g/mol. The molecule has 2 rings (SSSR count). The number of rotatable bonds is 17. The highest BCUT2D eigenvalue weighted by Gasteiger charge is 2.44. The van der Waals surface area contributed by atoms with Crippen molar-refractivity contribution in [2.24, 2.45) is 28.9 Å². The summed E-state index contributed by atoms with van der Waals surface area (Å²) in [7, 11) is 1.43. The highest BCUT2D eigenvalue weighted by atomic mass is 16.6. The van der Waals surface area contributed by atoms with Gasteiger partial charge in [-0.2, -0.15) is 0 Å². The maximum absolute atomic E-state index is 13.1. The summed E-state index contributed by atoms with van der Waals surface area (Å²) < 4.78 is 5.28. The summed E-state index contributed by atoms with van der Waals surface area (Å²) in [6.45, 7) is 13.8. The lowest BCUT2D eigenvalue weighted by molar-refractivity contribution is -0.141. The highest BCUT2D eigenvalue weighted by molar-refractivity contribution is 6.04. The highest BCUT2D eigenvalue weighted by Crippen LogP contribution is 2.35. The quantitative estimate of drug-likeness (QED) is 0.147. The zero-order valence-electron chi connectivity index (χ0n) is 31.7. The molecule has 0 bridgehead atoms. The molecule has 16 heteroatoms. The molecule has 0 spiro atoms. The molecule has 52 heavy (non-hydrogen) atoms. The number of primary amides is 1. The normalized spacial score (nSPS) is 16.2. The first kappa shape index (κ1) is 43.1. The Balaban J connectivity index is 1.83. The fourth-order valence-electron chi connectivity index (χ4n) is 5.69. The van der Waals surface area contributed by atoms with Crippen LogP contribution in [-0.4, -0.2) is 95.5 Å². The summed E-state index contributed by atoms with van der Waals surface area (Å²) in [6, 6.07) is 3.60. The van der Waals surface area contributed by atoms with Gasteiger partial charge in [0.15, 0.2) is 0 Å². The van der Waals surface area contributed by atoms with Crippen LogP contribution in [0.25, 0.3) is 0 Å². The van der Waals surface area contributed by atoms with Crippen LogP contribution < -0.4 is 27.0 Å². The smallest absolute Gasteiger partial charge is 0.410 e.